The average molecular weight is 1550 g/mol. The van der Waals surface area contributed by atoms with Gasteiger partial charge >= 0.3 is 39.5 Å². The van der Waals surface area contributed by atoms with Crippen molar-refractivity contribution in [1.29, 1.82) is 0 Å². The van der Waals surface area contributed by atoms with Crippen LogP contribution < -0.4 is 0 Å². The van der Waals surface area contributed by atoms with Gasteiger partial charge in [0.05, 0.1) is 26.4 Å². The van der Waals surface area contributed by atoms with Gasteiger partial charge in [-0.3, -0.25) is 37.3 Å². The summed E-state index contributed by atoms with van der Waals surface area (Å²) in [4.78, 5) is 73.3. The molecule has 0 aromatic heterocycles. The molecule has 17 nitrogen and oxygen atoms in total. The lowest BCUT2D eigenvalue weighted by atomic mass is 10.0. The van der Waals surface area contributed by atoms with Crippen LogP contribution >= 0.6 is 15.6 Å². The SMILES string of the molecule is CCCCCCCCCCCCCCCCCCCCCCCCC(=O)O[C@H](COC(=O)CCCCCCCCCCCCCCCC(C)C)COP(=O)(O)OC[C@@H](O)COP(=O)(O)OC[C@@H](COC(=O)CCCCCCCCCCCCCC)OC(=O)CCCCCCCCCCCCCCCC(C)C. The molecule has 0 heterocycles. The lowest BCUT2D eigenvalue weighted by Crippen LogP contribution is -2.30. The molecule has 0 aromatic rings. The molecule has 2 unspecified atom stereocenters. The van der Waals surface area contributed by atoms with Gasteiger partial charge in [-0.25, -0.2) is 9.13 Å². The first-order chi connectivity index (χ1) is 51.4. The van der Waals surface area contributed by atoms with Crippen LogP contribution in [0.3, 0.4) is 0 Å². The molecule has 106 heavy (non-hydrogen) atoms. The molecular formula is C87H170O17P2. The summed E-state index contributed by atoms with van der Waals surface area (Å²) < 4.78 is 68.9. The zero-order chi connectivity index (χ0) is 77.8. The maximum absolute atomic E-state index is 13.2. The number of hydrogen-bond acceptors (Lipinski definition) is 15. The van der Waals surface area contributed by atoms with Crippen LogP contribution in [0.5, 0.6) is 0 Å². The number of aliphatic hydroxyl groups excluding tert-OH is 1. The first-order valence-corrected chi connectivity index (χ1v) is 48.0. The minimum absolute atomic E-state index is 0.108. The van der Waals surface area contributed by atoms with E-state index in [-0.39, 0.29) is 25.7 Å². The van der Waals surface area contributed by atoms with Gasteiger partial charge in [0.15, 0.2) is 12.2 Å². The molecule has 0 spiro atoms. The minimum atomic E-state index is -4.97. The van der Waals surface area contributed by atoms with Crippen molar-refractivity contribution in [3.63, 3.8) is 0 Å². The van der Waals surface area contributed by atoms with Crippen LogP contribution in [0.25, 0.3) is 0 Å². The Balaban J connectivity index is 5.24. The van der Waals surface area contributed by atoms with Crippen LogP contribution in [0.2, 0.25) is 0 Å². The maximum Gasteiger partial charge on any atom is 0.472 e. The molecule has 0 rings (SSSR count). The molecule has 3 N–H and O–H groups in total. The van der Waals surface area contributed by atoms with Crippen molar-refractivity contribution in [2.75, 3.05) is 39.6 Å². The first kappa shape index (κ1) is 104. The zero-order valence-corrected chi connectivity index (χ0v) is 71.5. The summed E-state index contributed by atoms with van der Waals surface area (Å²) in [5.41, 5.74) is 0. The van der Waals surface area contributed by atoms with Crippen LogP contribution in [0.4, 0.5) is 0 Å². The van der Waals surface area contributed by atoms with Crippen LogP contribution in [-0.2, 0) is 65.4 Å². The second kappa shape index (κ2) is 78.3. The lowest BCUT2D eigenvalue weighted by molar-refractivity contribution is -0.161. The van der Waals surface area contributed by atoms with E-state index in [1.807, 2.05) is 0 Å². The molecule has 0 amide bonds. The molecule has 630 valence electrons. The van der Waals surface area contributed by atoms with E-state index in [1.165, 1.54) is 283 Å². The van der Waals surface area contributed by atoms with Gasteiger partial charge in [-0.15, -0.1) is 0 Å². The summed E-state index contributed by atoms with van der Waals surface area (Å²) in [6.45, 7) is 9.71. The van der Waals surface area contributed by atoms with Crippen molar-refractivity contribution in [3.8, 4) is 0 Å². The molecule has 0 aliphatic heterocycles. The molecule has 5 atom stereocenters. The van der Waals surface area contributed by atoms with Crippen LogP contribution in [0, 0.1) is 11.8 Å². The van der Waals surface area contributed by atoms with E-state index in [1.54, 1.807) is 0 Å². The summed E-state index contributed by atoms with van der Waals surface area (Å²) in [5, 5.41) is 10.7. The van der Waals surface area contributed by atoms with Crippen molar-refractivity contribution < 1.29 is 80.2 Å². The van der Waals surface area contributed by atoms with E-state index in [2.05, 4.69) is 41.5 Å². The average Bonchev–Trinajstić information content (AvgIpc) is 0.931. The number of carbonyl (C=O) groups excluding carboxylic acids is 4. The van der Waals surface area contributed by atoms with E-state index in [0.717, 1.165) is 102 Å². The van der Waals surface area contributed by atoms with E-state index in [0.29, 0.717) is 25.7 Å². The smallest absolute Gasteiger partial charge is 0.462 e. The van der Waals surface area contributed by atoms with Crippen molar-refractivity contribution in [3.05, 3.63) is 0 Å². The third-order valence-corrected chi connectivity index (χ3v) is 22.4. The number of phosphoric acid groups is 2. The van der Waals surface area contributed by atoms with Gasteiger partial charge in [0.1, 0.15) is 19.3 Å². The van der Waals surface area contributed by atoms with Gasteiger partial charge in [0.25, 0.3) is 0 Å². The quantitative estimate of drug-likeness (QED) is 0.0222. The second-order valence-electron chi connectivity index (χ2n) is 32.2. The number of aliphatic hydroxyl groups is 1. The molecule has 0 aliphatic carbocycles. The fourth-order valence-electron chi connectivity index (χ4n) is 13.6. The Morgan fingerprint density at radius 1 is 0.255 bits per heavy atom. The van der Waals surface area contributed by atoms with Crippen molar-refractivity contribution in [2.45, 2.75) is 484 Å². The number of phosphoric ester groups is 2. The third kappa shape index (κ3) is 80.1. The van der Waals surface area contributed by atoms with Gasteiger partial charge in [-0.2, -0.15) is 0 Å². The van der Waals surface area contributed by atoms with Crippen LogP contribution in [-0.4, -0.2) is 96.7 Å². The highest BCUT2D eigenvalue weighted by Crippen LogP contribution is 2.45. The van der Waals surface area contributed by atoms with E-state index in [4.69, 9.17) is 37.0 Å². The fourth-order valence-corrected chi connectivity index (χ4v) is 15.2. The predicted molar refractivity (Wildman–Crippen MR) is 437 cm³/mol. The number of carbonyl (C=O) groups is 4. The summed E-state index contributed by atoms with van der Waals surface area (Å²) in [6, 6.07) is 0. The highest BCUT2D eigenvalue weighted by Gasteiger charge is 2.30. The second-order valence-corrected chi connectivity index (χ2v) is 35.1. The maximum atomic E-state index is 13.2. The summed E-state index contributed by atoms with van der Waals surface area (Å²) in [5.74, 6) is -0.522. The van der Waals surface area contributed by atoms with E-state index in [9.17, 15) is 43.2 Å². The highest BCUT2D eigenvalue weighted by atomic mass is 31.2. The number of rotatable bonds is 86. The Hall–Kier alpha value is -1.94. The Morgan fingerprint density at radius 3 is 0.642 bits per heavy atom. The Kier molecular flexibility index (Phi) is 76.9. The van der Waals surface area contributed by atoms with Crippen LogP contribution in [0.1, 0.15) is 465 Å². The number of hydrogen-bond donors (Lipinski definition) is 3. The molecule has 0 radical (unpaired) electrons. The molecular weight excluding hydrogens is 1380 g/mol. The van der Waals surface area contributed by atoms with Gasteiger partial charge in [-0.1, -0.05) is 414 Å². The molecule has 0 saturated carbocycles. The number of esters is 4. The summed E-state index contributed by atoms with van der Waals surface area (Å²) in [6.07, 6.45) is 70.8. The van der Waals surface area contributed by atoms with Crippen LogP contribution in [0.15, 0.2) is 0 Å². The van der Waals surface area contributed by atoms with E-state index < -0.39 is 97.5 Å². The van der Waals surface area contributed by atoms with Crippen molar-refractivity contribution in [1.82, 2.24) is 0 Å². The molecule has 0 aromatic carbocycles. The van der Waals surface area contributed by atoms with Crippen molar-refractivity contribution >= 4 is 39.5 Å². The zero-order valence-electron chi connectivity index (χ0n) is 69.7. The Labute approximate surface area is 651 Å². The Morgan fingerprint density at radius 2 is 0.434 bits per heavy atom. The van der Waals surface area contributed by atoms with Crippen molar-refractivity contribution in [2.24, 2.45) is 11.8 Å². The standard InChI is InChI=1S/C87H170O17P2/c1-7-9-11-13-15-17-19-21-22-23-24-25-26-27-28-29-34-41-47-53-59-65-71-86(91)103-83(76-98-85(90)70-64-58-52-46-40-35-30-32-37-43-49-55-61-67-79(3)4)78-102-106(95,96)100-74-81(88)73-99-105(93,94)101-77-82(75-97-84(89)69-63-57-51-45-39-20-18-16-14-12-10-8-2)104-87(92)72-66-60-54-48-42-36-31-33-38-44-50-56-62-68-80(5)6/h79-83,88H,7-78H2,1-6H3,(H,93,94)(H,95,96)/t81-,82+,83+/m0/s1. The lowest BCUT2D eigenvalue weighted by Gasteiger charge is -2.21. The topological polar surface area (TPSA) is 237 Å². The monoisotopic (exact) mass is 1550 g/mol. The minimum Gasteiger partial charge on any atom is -0.462 e. The van der Waals surface area contributed by atoms with Gasteiger partial charge in [0.2, 0.25) is 0 Å². The predicted octanol–water partition coefficient (Wildman–Crippen LogP) is 26.6. The van der Waals surface area contributed by atoms with Gasteiger partial charge in [0, 0.05) is 25.7 Å². The summed E-state index contributed by atoms with van der Waals surface area (Å²) in [7, 11) is -9.93. The Bertz CT molecular complexity index is 2030. The van der Waals surface area contributed by atoms with E-state index >= 15 is 0 Å². The number of unbranched alkanes of at least 4 members (excludes halogenated alkanes) is 56. The molecule has 0 aliphatic rings. The molecule has 0 bridgehead atoms. The normalized spacial score (nSPS) is 13.8. The summed E-state index contributed by atoms with van der Waals surface area (Å²) >= 11 is 0. The largest absolute Gasteiger partial charge is 0.472 e. The third-order valence-electron chi connectivity index (χ3n) is 20.5. The molecule has 19 heteroatoms. The first-order valence-electron chi connectivity index (χ1n) is 45.0. The molecule has 0 fully saturated rings. The highest BCUT2D eigenvalue weighted by molar-refractivity contribution is 7.47. The molecule has 0 saturated heterocycles. The van der Waals surface area contributed by atoms with Gasteiger partial charge in [-0.05, 0) is 37.5 Å². The fraction of sp³-hybridized carbons (Fsp3) is 0.954. The number of ether oxygens (including phenoxy) is 4. The van der Waals surface area contributed by atoms with Gasteiger partial charge < -0.3 is 33.8 Å².